The van der Waals surface area contributed by atoms with Gasteiger partial charge in [-0.25, -0.2) is 9.97 Å². The fourth-order valence-corrected chi connectivity index (χ4v) is 8.82. The number of nitrogens with zero attached hydrogens (tertiary/aromatic N) is 2. The molecule has 0 spiro atoms. The normalized spacial score (nSPS) is 11.9. The van der Waals surface area contributed by atoms with Gasteiger partial charge in [0.25, 0.3) is 0 Å². The van der Waals surface area contributed by atoms with Gasteiger partial charge in [-0.3, -0.25) is 0 Å². The monoisotopic (exact) mass is 774 g/mol. The SMILES string of the molecule is C=C(/C=C(\C)c1cccc(/C(C)=C/C(=C)c2nc(-c3cccc(-c4cccc(-c5cccc(-c6ccccc6)c5)c4)c3)c3sc4ccccc4c3n2)c1)c1ccccc1. The molecule has 282 valence electrons. The van der Waals surface area contributed by atoms with Gasteiger partial charge in [0, 0.05) is 21.2 Å². The van der Waals surface area contributed by atoms with Gasteiger partial charge >= 0.3 is 0 Å². The van der Waals surface area contributed by atoms with Gasteiger partial charge in [0.05, 0.1) is 15.9 Å². The van der Waals surface area contributed by atoms with Crippen molar-refractivity contribution >= 4 is 53.9 Å². The third-order valence-electron chi connectivity index (χ3n) is 10.8. The van der Waals surface area contributed by atoms with Crippen LogP contribution in [0.5, 0.6) is 0 Å². The number of hydrogen-bond acceptors (Lipinski definition) is 3. The Morgan fingerprint density at radius 2 is 0.898 bits per heavy atom. The van der Waals surface area contributed by atoms with Crippen LogP contribution in [0.3, 0.4) is 0 Å². The summed E-state index contributed by atoms with van der Waals surface area (Å²) in [6.07, 6.45) is 4.26. The fraction of sp³-hybridized carbons (Fsp3) is 0.0357. The predicted octanol–water partition coefficient (Wildman–Crippen LogP) is 15.7. The highest BCUT2D eigenvalue weighted by molar-refractivity contribution is 7.26. The van der Waals surface area contributed by atoms with Crippen molar-refractivity contribution in [2.75, 3.05) is 0 Å². The third kappa shape index (κ3) is 7.89. The number of thiophene rings is 1. The maximum Gasteiger partial charge on any atom is 0.159 e. The highest BCUT2D eigenvalue weighted by atomic mass is 32.1. The van der Waals surface area contributed by atoms with Gasteiger partial charge in [0.2, 0.25) is 0 Å². The summed E-state index contributed by atoms with van der Waals surface area (Å²) >= 11 is 1.74. The molecule has 2 heterocycles. The molecule has 0 saturated heterocycles. The van der Waals surface area contributed by atoms with Crippen molar-refractivity contribution in [2.24, 2.45) is 0 Å². The van der Waals surface area contributed by atoms with E-state index in [9.17, 15) is 0 Å². The van der Waals surface area contributed by atoms with E-state index in [2.05, 4.69) is 203 Å². The zero-order valence-electron chi connectivity index (χ0n) is 33.2. The van der Waals surface area contributed by atoms with Crippen LogP contribution in [0.15, 0.2) is 207 Å². The van der Waals surface area contributed by atoms with Gasteiger partial charge < -0.3 is 0 Å². The van der Waals surface area contributed by atoms with Crippen molar-refractivity contribution < 1.29 is 0 Å². The van der Waals surface area contributed by atoms with Crippen LogP contribution in [0.4, 0.5) is 0 Å². The molecule has 0 radical (unpaired) electrons. The molecule has 9 aromatic rings. The summed E-state index contributed by atoms with van der Waals surface area (Å²) < 4.78 is 2.25. The summed E-state index contributed by atoms with van der Waals surface area (Å²) in [6.45, 7) is 13.1. The maximum absolute atomic E-state index is 5.30. The Kier molecular flexibility index (Phi) is 10.4. The Labute approximate surface area is 350 Å². The van der Waals surface area contributed by atoms with E-state index in [0.717, 1.165) is 77.0 Å². The molecule has 2 nitrogen and oxygen atoms in total. The summed E-state index contributed by atoms with van der Waals surface area (Å²) in [5.74, 6) is 0.618. The lowest BCUT2D eigenvalue weighted by Gasteiger charge is -2.11. The second kappa shape index (κ2) is 16.3. The minimum atomic E-state index is 0.618. The average molecular weight is 775 g/mol. The van der Waals surface area contributed by atoms with E-state index in [1.54, 1.807) is 11.3 Å². The van der Waals surface area contributed by atoms with E-state index < -0.39 is 0 Å². The van der Waals surface area contributed by atoms with Crippen molar-refractivity contribution in [1.82, 2.24) is 9.97 Å². The fourth-order valence-electron chi connectivity index (χ4n) is 7.66. The molecule has 0 aliphatic carbocycles. The first-order chi connectivity index (χ1) is 28.9. The molecular weight excluding hydrogens is 733 g/mol. The van der Waals surface area contributed by atoms with E-state index in [1.807, 2.05) is 18.2 Å². The number of allylic oxidation sites excluding steroid dienone is 6. The van der Waals surface area contributed by atoms with E-state index in [1.165, 1.54) is 27.0 Å². The second-order valence-electron chi connectivity index (χ2n) is 14.9. The van der Waals surface area contributed by atoms with Crippen molar-refractivity contribution in [3.8, 4) is 44.6 Å². The van der Waals surface area contributed by atoms with Gasteiger partial charge in [0.1, 0.15) is 0 Å². The highest BCUT2D eigenvalue weighted by Gasteiger charge is 2.17. The molecule has 9 rings (SSSR count). The summed E-state index contributed by atoms with van der Waals surface area (Å²) in [6, 6.07) is 64.2. The number of hydrogen-bond donors (Lipinski definition) is 0. The molecule has 0 atom stereocenters. The van der Waals surface area contributed by atoms with Crippen LogP contribution in [-0.2, 0) is 0 Å². The van der Waals surface area contributed by atoms with E-state index in [-0.39, 0.29) is 0 Å². The first-order valence-electron chi connectivity index (χ1n) is 19.8. The van der Waals surface area contributed by atoms with E-state index in [4.69, 9.17) is 9.97 Å². The van der Waals surface area contributed by atoms with Gasteiger partial charge in [-0.2, -0.15) is 0 Å². The maximum atomic E-state index is 5.30. The molecule has 0 N–H and O–H groups in total. The summed E-state index contributed by atoms with van der Waals surface area (Å²) in [4.78, 5) is 10.5. The van der Waals surface area contributed by atoms with E-state index in [0.29, 0.717) is 5.82 Å². The molecule has 59 heavy (non-hydrogen) atoms. The van der Waals surface area contributed by atoms with Gasteiger partial charge in [0.15, 0.2) is 5.82 Å². The molecule has 0 amide bonds. The zero-order valence-corrected chi connectivity index (χ0v) is 34.0. The molecule has 0 aliphatic heterocycles. The first-order valence-corrected chi connectivity index (χ1v) is 20.7. The van der Waals surface area contributed by atoms with Crippen LogP contribution in [0.25, 0.3) is 87.2 Å². The number of benzene rings is 7. The van der Waals surface area contributed by atoms with Crippen LogP contribution >= 0.6 is 11.3 Å². The highest BCUT2D eigenvalue weighted by Crippen LogP contribution is 2.40. The third-order valence-corrected chi connectivity index (χ3v) is 12.0. The summed E-state index contributed by atoms with van der Waals surface area (Å²) in [5.41, 5.74) is 17.3. The lowest BCUT2D eigenvalue weighted by molar-refractivity contribution is 1.18. The Bertz CT molecular complexity index is 3090. The van der Waals surface area contributed by atoms with Crippen LogP contribution in [-0.4, -0.2) is 9.97 Å². The molecule has 0 fully saturated rings. The lowest BCUT2D eigenvalue weighted by atomic mass is 9.95. The van der Waals surface area contributed by atoms with E-state index >= 15 is 0 Å². The standard InChI is InChI=1S/C56H42N2S/c1-37(41-17-7-5-8-18-41)31-38(2)43-21-13-22-44(33-43)39(3)32-40(4)56-57-53(55-54(58-56)51-29-11-12-30-52(51)59-55)50-28-16-27-49(36-50)48-26-15-25-47(35-48)46-24-14-23-45(34-46)42-19-9-6-10-20-42/h5-36H,1,4H2,2-3H3/b38-31+,39-32+. The molecule has 0 aliphatic rings. The molecule has 0 bridgehead atoms. The quantitative estimate of drug-likeness (QED) is 0.129. The van der Waals surface area contributed by atoms with Crippen molar-refractivity contribution in [2.45, 2.75) is 13.8 Å². The first kappa shape index (κ1) is 37.4. The van der Waals surface area contributed by atoms with Crippen LogP contribution in [0, 0.1) is 0 Å². The number of rotatable bonds is 10. The van der Waals surface area contributed by atoms with Crippen LogP contribution in [0.1, 0.15) is 36.4 Å². The lowest BCUT2D eigenvalue weighted by Crippen LogP contribution is -1.96. The minimum Gasteiger partial charge on any atom is -0.226 e. The summed E-state index contributed by atoms with van der Waals surface area (Å²) in [5, 5.41) is 1.12. The largest absolute Gasteiger partial charge is 0.226 e. The van der Waals surface area contributed by atoms with Crippen molar-refractivity contribution in [3.63, 3.8) is 0 Å². The predicted molar refractivity (Wildman–Crippen MR) is 255 cm³/mol. The zero-order chi connectivity index (χ0) is 40.3. The smallest absolute Gasteiger partial charge is 0.159 e. The van der Waals surface area contributed by atoms with Gasteiger partial charge in [-0.1, -0.05) is 171 Å². The molecular formula is C56H42N2S. The van der Waals surface area contributed by atoms with Crippen LogP contribution in [0.2, 0.25) is 0 Å². The number of fused-ring (bicyclic) bond motifs is 3. The topological polar surface area (TPSA) is 25.8 Å². The molecule has 3 heteroatoms. The second-order valence-corrected chi connectivity index (χ2v) is 16.0. The Hall–Kier alpha value is -7.20. The minimum absolute atomic E-state index is 0.618. The van der Waals surface area contributed by atoms with Crippen molar-refractivity contribution in [1.29, 1.82) is 0 Å². The van der Waals surface area contributed by atoms with Crippen molar-refractivity contribution in [3.05, 3.63) is 230 Å². The van der Waals surface area contributed by atoms with Gasteiger partial charge in [-0.15, -0.1) is 11.3 Å². The number of aromatic nitrogens is 2. The van der Waals surface area contributed by atoms with Crippen LogP contribution < -0.4 is 0 Å². The Balaban J connectivity index is 1.06. The average Bonchev–Trinajstić information content (AvgIpc) is 3.68. The van der Waals surface area contributed by atoms with Gasteiger partial charge in [-0.05, 0) is 117 Å². The molecule has 7 aromatic carbocycles. The molecule has 2 aromatic heterocycles. The Morgan fingerprint density at radius 3 is 1.53 bits per heavy atom. The Morgan fingerprint density at radius 1 is 0.441 bits per heavy atom. The summed E-state index contributed by atoms with van der Waals surface area (Å²) in [7, 11) is 0. The molecule has 0 unspecified atom stereocenters. The molecule has 0 saturated carbocycles.